The lowest BCUT2D eigenvalue weighted by Crippen LogP contribution is -2.39. The highest BCUT2D eigenvalue weighted by atomic mass is 32.2. The minimum atomic E-state index is -4.48. The number of esters is 1. The molecule has 0 unspecified atom stereocenters. The lowest BCUT2D eigenvalue weighted by molar-refractivity contribution is -0.386. The van der Waals surface area contributed by atoms with Crippen LogP contribution in [0, 0.1) is 10.1 Å². The molecule has 0 spiro atoms. The molecule has 0 saturated heterocycles. The topological polar surface area (TPSA) is 154 Å². The minimum Gasteiger partial charge on any atom is -0.465 e. The Morgan fingerprint density at radius 1 is 1.29 bits per heavy atom. The van der Waals surface area contributed by atoms with Gasteiger partial charge in [0.1, 0.15) is 17.3 Å². The van der Waals surface area contributed by atoms with Crippen LogP contribution in [0.25, 0.3) is 0 Å². The van der Waals surface area contributed by atoms with Gasteiger partial charge in [0.05, 0.1) is 11.5 Å². The van der Waals surface area contributed by atoms with Gasteiger partial charge in [0, 0.05) is 0 Å². The monoisotopic (exact) mass is 417 g/mol. The summed E-state index contributed by atoms with van der Waals surface area (Å²) in [6, 6.07) is 2.09. The summed E-state index contributed by atoms with van der Waals surface area (Å²) in [6.45, 7) is 7.63. The van der Waals surface area contributed by atoms with Gasteiger partial charge in [0.2, 0.25) is 10.0 Å². The third-order valence-corrected chi connectivity index (χ3v) is 4.65. The van der Waals surface area contributed by atoms with Gasteiger partial charge in [-0.25, -0.2) is 13.2 Å². The number of nitrogens with one attached hydrogen (secondary N) is 2. The molecule has 12 heteroatoms. The number of para-hydroxylation sites is 1. The molecule has 1 atom stereocenters. The number of hydrogen-bond acceptors (Lipinski definition) is 8. The maximum Gasteiger partial charge on any atom is 0.412 e. The number of carbonyl (C=O) groups excluding carboxylic acids is 2. The molecule has 0 radical (unpaired) electrons. The van der Waals surface area contributed by atoms with Crippen molar-refractivity contribution in [3.8, 4) is 0 Å². The first-order chi connectivity index (χ1) is 12.8. The molecule has 1 rings (SSSR count). The predicted octanol–water partition coefficient (Wildman–Crippen LogP) is 2.17. The molecule has 0 saturated carbocycles. The van der Waals surface area contributed by atoms with Crippen molar-refractivity contribution in [3.63, 3.8) is 0 Å². The van der Waals surface area contributed by atoms with E-state index < -0.39 is 49.2 Å². The predicted molar refractivity (Wildman–Crippen MR) is 99.4 cm³/mol. The normalized spacial score (nSPS) is 12.8. The lowest BCUT2D eigenvalue weighted by Gasteiger charge is -2.20. The molecule has 1 amide bonds. The maximum absolute atomic E-state index is 12.6. The van der Waals surface area contributed by atoms with E-state index in [4.69, 9.17) is 9.47 Å². The first-order valence-corrected chi connectivity index (χ1v) is 9.73. The molecule has 0 fully saturated rings. The fourth-order valence-corrected chi connectivity index (χ4v) is 3.44. The SMILES string of the molecule is CCOC(=O)[C@H](C)NS(=O)(=O)c1cccc(NC(=O)OC(C)(C)C)c1[N+](=O)[O-]. The van der Waals surface area contributed by atoms with Crippen molar-refractivity contribution >= 4 is 33.5 Å². The second-order valence-corrected chi connectivity index (χ2v) is 8.31. The van der Waals surface area contributed by atoms with Crippen molar-refractivity contribution in [1.29, 1.82) is 0 Å². The van der Waals surface area contributed by atoms with Gasteiger partial charge >= 0.3 is 17.7 Å². The summed E-state index contributed by atoms with van der Waals surface area (Å²) in [6.07, 6.45) is -0.988. The number of nitro groups is 1. The highest BCUT2D eigenvalue weighted by Gasteiger charge is 2.32. The molecule has 0 aliphatic rings. The van der Waals surface area contributed by atoms with Crippen molar-refractivity contribution < 1.29 is 32.4 Å². The Labute approximate surface area is 162 Å². The van der Waals surface area contributed by atoms with Crippen LogP contribution in [0.1, 0.15) is 34.6 Å². The zero-order chi connectivity index (χ0) is 21.7. The molecule has 2 N–H and O–H groups in total. The van der Waals surface area contributed by atoms with Gasteiger partial charge in [-0.1, -0.05) is 6.07 Å². The number of amides is 1. The molecule has 0 heterocycles. The second kappa shape index (κ2) is 8.97. The summed E-state index contributed by atoms with van der Waals surface area (Å²) in [5, 5.41) is 13.7. The Morgan fingerprint density at radius 2 is 1.89 bits per heavy atom. The fourth-order valence-electron chi connectivity index (χ4n) is 2.05. The standard InChI is InChI=1S/C16H23N3O8S/c1-6-26-14(20)10(2)18-28(24,25)12-9-7-8-11(13(12)19(22)23)17-15(21)27-16(3,4)5/h7-10,18H,6H2,1-5H3,(H,17,21)/t10-/m0/s1. The molecule has 28 heavy (non-hydrogen) atoms. The number of rotatable bonds is 7. The molecule has 0 aromatic heterocycles. The van der Waals surface area contributed by atoms with Crippen LogP contribution in [0.2, 0.25) is 0 Å². The third kappa shape index (κ3) is 6.46. The maximum atomic E-state index is 12.6. The summed E-state index contributed by atoms with van der Waals surface area (Å²) in [7, 11) is -4.48. The Kier molecular flexibility index (Phi) is 7.47. The molecular weight excluding hydrogens is 394 g/mol. The second-order valence-electron chi connectivity index (χ2n) is 6.63. The van der Waals surface area contributed by atoms with E-state index in [1.54, 1.807) is 27.7 Å². The van der Waals surface area contributed by atoms with Gasteiger partial charge in [-0.3, -0.25) is 20.2 Å². The average Bonchev–Trinajstić information content (AvgIpc) is 2.52. The molecule has 1 aromatic carbocycles. The quantitative estimate of drug-likeness (QED) is 0.389. The van der Waals surface area contributed by atoms with Crippen LogP contribution < -0.4 is 10.0 Å². The van der Waals surface area contributed by atoms with Crippen LogP contribution in [0.15, 0.2) is 23.1 Å². The van der Waals surface area contributed by atoms with Crippen molar-refractivity contribution in [1.82, 2.24) is 4.72 Å². The smallest absolute Gasteiger partial charge is 0.412 e. The number of benzene rings is 1. The van der Waals surface area contributed by atoms with Crippen LogP contribution in [-0.2, 0) is 24.3 Å². The van der Waals surface area contributed by atoms with Gasteiger partial charge in [0.15, 0.2) is 4.90 Å². The van der Waals surface area contributed by atoms with E-state index in [9.17, 15) is 28.1 Å². The number of nitro benzene ring substituents is 1. The van der Waals surface area contributed by atoms with Crippen molar-refractivity contribution in [2.45, 2.75) is 51.2 Å². The summed E-state index contributed by atoms with van der Waals surface area (Å²) >= 11 is 0. The summed E-state index contributed by atoms with van der Waals surface area (Å²) in [5.74, 6) is -0.836. The molecule has 1 aromatic rings. The molecule has 0 bridgehead atoms. The van der Waals surface area contributed by atoms with E-state index >= 15 is 0 Å². The van der Waals surface area contributed by atoms with Gasteiger partial charge in [0.25, 0.3) is 0 Å². The number of anilines is 1. The number of hydrogen-bond donors (Lipinski definition) is 2. The van der Waals surface area contributed by atoms with E-state index in [1.807, 2.05) is 4.72 Å². The first-order valence-electron chi connectivity index (χ1n) is 8.25. The lowest BCUT2D eigenvalue weighted by atomic mass is 10.2. The van der Waals surface area contributed by atoms with Crippen LogP contribution in [0.4, 0.5) is 16.2 Å². The number of ether oxygens (including phenoxy) is 2. The Morgan fingerprint density at radius 3 is 2.39 bits per heavy atom. The van der Waals surface area contributed by atoms with Gasteiger partial charge in [-0.2, -0.15) is 4.72 Å². The van der Waals surface area contributed by atoms with E-state index in [2.05, 4.69) is 5.32 Å². The van der Waals surface area contributed by atoms with E-state index in [1.165, 1.54) is 13.0 Å². The van der Waals surface area contributed by atoms with Crippen LogP contribution in [0.5, 0.6) is 0 Å². The molecule has 0 aliphatic heterocycles. The zero-order valence-corrected chi connectivity index (χ0v) is 17.0. The minimum absolute atomic E-state index is 0.0420. The van der Waals surface area contributed by atoms with Crippen LogP contribution in [0.3, 0.4) is 0 Å². The molecule has 0 aliphatic carbocycles. The number of carbonyl (C=O) groups is 2. The molecule has 156 valence electrons. The molecular formula is C16H23N3O8S. The van der Waals surface area contributed by atoms with Crippen molar-refractivity contribution in [2.24, 2.45) is 0 Å². The van der Waals surface area contributed by atoms with E-state index in [-0.39, 0.29) is 12.3 Å². The van der Waals surface area contributed by atoms with Gasteiger partial charge in [-0.15, -0.1) is 0 Å². The van der Waals surface area contributed by atoms with Crippen molar-refractivity contribution in [2.75, 3.05) is 11.9 Å². The Hall–Kier alpha value is -2.73. The van der Waals surface area contributed by atoms with Crippen LogP contribution >= 0.6 is 0 Å². The van der Waals surface area contributed by atoms with Gasteiger partial charge < -0.3 is 9.47 Å². The van der Waals surface area contributed by atoms with Crippen molar-refractivity contribution in [3.05, 3.63) is 28.3 Å². The Bertz CT molecular complexity index is 861. The van der Waals surface area contributed by atoms with Gasteiger partial charge in [-0.05, 0) is 46.8 Å². The van der Waals surface area contributed by atoms with E-state index in [0.29, 0.717) is 0 Å². The summed E-state index contributed by atoms with van der Waals surface area (Å²) < 4.78 is 36.9. The first kappa shape index (κ1) is 23.3. The summed E-state index contributed by atoms with van der Waals surface area (Å²) in [5.41, 5.74) is -2.10. The summed E-state index contributed by atoms with van der Waals surface area (Å²) in [4.78, 5) is 33.4. The largest absolute Gasteiger partial charge is 0.465 e. The van der Waals surface area contributed by atoms with E-state index in [0.717, 1.165) is 12.1 Å². The fraction of sp³-hybridized carbons (Fsp3) is 0.500. The zero-order valence-electron chi connectivity index (χ0n) is 16.1. The third-order valence-electron chi connectivity index (χ3n) is 3.08. The van der Waals surface area contributed by atoms with Crippen LogP contribution in [-0.4, -0.2) is 43.7 Å². The highest BCUT2D eigenvalue weighted by molar-refractivity contribution is 7.89. The number of sulfonamides is 1. The average molecular weight is 417 g/mol. The molecule has 11 nitrogen and oxygen atoms in total. The number of nitrogens with zero attached hydrogens (tertiary/aromatic N) is 1. The highest BCUT2D eigenvalue weighted by Crippen LogP contribution is 2.32. The Balaban J connectivity index is 3.28.